The Balaban J connectivity index is 1.47. The summed E-state index contributed by atoms with van der Waals surface area (Å²) in [5.74, 6) is -1.43. The molecule has 35 heavy (non-hydrogen) atoms. The van der Waals surface area contributed by atoms with E-state index < -0.39 is 17.8 Å². The summed E-state index contributed by atoms with van der Waals surface area (Å²) in [6.45, 7) is 2.31. The predicted octanol–water partition coefficient (Wildman–Crippen LogP) is 4.36. The molecule has 176 valence electrons. The molecule has 0 aliphatic carbocycles. The van der Waals surface area contributed by atoms with Gasteiger partial charge in [-0.15, -0.1) is 0 Å². The number of thiocarbonyl (C=S) groups is 1. The van der Waals surface area contributed by atoms with Crippen molar-refractivity contribution in [2.45, 2.75) is 20.0 Å². The molecule has 1 heterocycles. The smallest absolute Gasteiger partial charge is 0.335 e. The maximum Gasteiger partial charge on any atom is 0.335 e. The molecule has 1 aliphatic rings. The molecule has 1 aliphatic heterocycles. The first-order valence-corrected chi connectivity index (χ1v) is 11.3. The Bertz CT molecular complexity index is 1310. The van der Waals surface area contributed by atoms with Gasteiger partial charge in [0.25, 0.3) is 11.8 Å². The molecular formula is C27H22N2O5S. The highest BCUT2D eigenvalue weighted by atomic mass is 32.1. The molecule has 7 nitrogen and oxygen atoms in total. The summed E-state index contributed by atoms with van der Waals surface area (Å²) >= 11 is 5.25. The number of nitrogens with zero attached hydrogens (tertiary/aromatic N) is 1. The van der Waals surface area contributed by atoms with Gasteiger partial charge in [-0.05, 0) is 77.8 Å². The maximum absolute atomic E-state index is 13.1. The van der Waals surface area contributed by atoms with Crippen LogP contribution in [-0.2, 0) is 22.6 Å². The van der Waals surface area contributed by atoms with Gasteiger partial charge >= 0.3 is 5.97 Å². The highest BCUT2D eigenvalue weighted by Gasteiger charge is 2.34. The van der Waals surface area contributed by atoms with E-state index in [0.717, 1.165) is 17.5 Å². The maximum atomic E-state index is 13.1. The number of anilines is 1. The second kappa shape index (κ2) is 10.3. The van der Waals surface area contributed by atoms with Gasteiger partial charge in [-0.3, -0.25) is 19.8 Å². The number of hydrogen-bond acceptors (Lipinski definition) is 5. The monoisotopic (exact) mass is 486 g/mol. The fourth-order valence-electron chi connectivity index (χ4n) is 3.51. The number of benzene rings is 3. The number of aryl methyl sites for hydroxylation is 1. The van der Waals surface area contributed by atoms with Crippen LogP contribution in [0, 0.1) is 0 Å². The van der Waals surface area contributed by atoms with Gasteiger partial charge in [0.15, 0.2) is 5.11 Å². The topological polar surface area (TPSA) is 95.9 Å². The Morgan fingerprint density at radius 1 is 0.971 bits per heavy atom. The summed E-state index contributed by atoms with van der Waals surface area (Å²) in [4.78, 5) is 37.9. The number of aromatic carboxylic acids is 1. The van der Waals surface area contributed by atoms with Crippen LogP contribution in [0.4, 0.5) is 5.69 Å². The third-order valence-electron chi connectivity index (χ3n) is 5.50. The van der Waals surface area contributed by atoms with Gasteiger partial charge in [0.2, 0.25) is 0 Å². The minimum absolute atomic E-state index is 0.0228. The van der Waals surface area contributed by atoms with Crippen LogP contribution in [-0.4, -0.2) is 28.0 Å². The van der Waals surface area contributed by atoms with E-state index in [-0.39, 0.29) is 22.9 Å². The van der Waals surface area contributed by atoms with Gasteiger partial charge in [0.05, 0.1) is 11.3 Å². The van der Waals surface area contributed by atoms with Crippen LogP contribution in [0.2, 0.25) is 0 Å². The Labute approximate surface area is 207 Å². The number of carboxylic acid groups (broad SMARTS) is 1. The molecule has 2 amide bonds. The van der Waals surface area contributed by atoms with E-state index in [1.165, 1.54) is 23.1 Å². The van der Waals surface area contributed by atoms with Gasteiger partial charge in [-0.1, -0.05) is 43.3 Å². The van der Waals surface area contributed by atoms with Crippen molar-refractivity contribution in [1.29, 1.82) is 0 Å². The summed E-state index contributed by atoms with van der Waals surface area (Å²) < 4.78 is 5.75. The molecule has 3 aromatic rings. The Morgan fingerprint density at radius 3 is 2.20 bits per heavy atom. The van der Waals surface area contributed by atoms with Crippen molar-refractivity contribution in [3.05, 3.63) is 101 Å². The Kier molecular flexibility index (Phi) is 7.03. The minimum atomic E-state index is -0.980. The van der Waals surface area contributed by atoms with E-state index in [4.69, 9.17) is 22.1 Å². The molecule has 0 radical (unpaired) electrons. The van der Waals surface area contributed by atoms with Crippen molar-refractivity contribution in [1.82, 2.24) is 5.32 Å². The first-order valence-electron chi connectivity index (χ1n) is 10.9. The molecular weight excluding hydrogens is 464 g/mol. The van der Waals surface area contributed by atoms with Crippen LogP contribution in [0.15, 0.2) is 78.4 Å². The average Bonchev–Trinajstić information content (AvgIpc) is 2.86. The molecule has 0 spiro atoms. The third-order valence-corrected chi connectivity index (χ3v) is 5.79. The van der Waals surface area contributed by atoms with Crippen molar-refractivity contribution in [2.24, 2.45) is 0 Å². The van der Waals surface area contributed by atoms with Crippen molar-refractivity contribution in [3.8, 4) is 5.75 Å². The van der Waals surface area contributed by atoms with Gasteiger partial charge in [-0.25, -0.2) is 4.79 Å². The number of amides is 2. The normalized spacial score (nSPS) is 14.7. The van der Waals surface area contributed by atoms with E-state index >= 15 is 0 Å². The fourth-order valence-corrected chi connectivity index (χ4v) is 3.79. The van der Waals surface area contributed by atoms with Crippen molar-refractivity contribution < 1.29 is 24.2 Å². The summed E-state index contributed by atoms with van der Waals surface area (Å²) in [5.41, 5.74) is 3.38. The van der Waals surface area contributed by atoms with E-state index in [0.29, 0.717) is 17.0 Å². The second-order valence-corrected chi connectivity index (χ2v) is 8.22. The molecule has 0 saturated carbocycles. The van der Waals surface area contributed by atoms with Gasteiger partial charge in [0.1, 0.15) is 17.9 Å². The summed E-state index contributed by atoms with van der Waals surface area (Å²) in [6, 6.07) is 20.8. The first kappa shape index (κ1) is 23.8. The number of carbonyl (C=O) groups excluding carboxylic acids is 2. The van der Waals surface area contributed by atoms with Crippen LogP contribution in [0.5, 0.6) is 5.75 Å². The lowest BCUT2D eigenvalue weighted by atomic mass is 10.1. The standard InChI is InChI=1S/C27H22N2O5S/c1-2-17-5-11-21(12-6-17)29-25(31)23(24(30)28-27(29)35)15-18-7-13-22(14-8-18)34-16-19-3-9-20(10-4-19)26(32)33/h3-15H,2,16H2,1H3,(H,32,33)(H,28,30,35). The summed E-state index contributed by atoms with van der Waals surface area (Å²) in [5, 5.41) is 11.6. The zero-order chi connectivity index (χ0) is 24.9. The minimum Gasteiger partial charge on any atom is -0.489 e. The molecule has 0 aromatic heterocycles. The quantitative estimate of drug-likeness (QED) is 0.293. The Morgan fingerprint density at radius 2 is 1.60 bits per heavy atom. The molecule has 0 bridgehead atoms. The number of carbonyl (C=O) groups is 3. The van der Waals surface area contributed by atoms with Gasteiger partial charge < -0.3 is 9.84 Å². The molecule has 8 heteroatoms. The zero-order valence-electron chi connectivity index (χ0n) is 18.9. The number of carboxylic acids is 1. The van der Waals surface area contributed by atoms with Crippen LogP contribution in [0.3, 0.4) is 0 Å². The van der Waals surface area contributed by atoms with Crippen LogP contribution >= 0.6 is 12.2 Å². The molecule has 1 saturated heterocycles. The lowest BCUT2D eigenvalue weighted by molar-refractivity contribution is -0.122. The summed E-state index contributed by atoms with van der Waals surface area (Å²) in [7, 11) is 0. The third kappa shape index (κ3) is 5.44. The fraction of sp³-hybridized carbons (Fsp3) is 0.111. The zero-order valence-corrected chi connectivity index (χ0v) is 19.7. The van der Waals surface area contributed by atoms with Crippen LogP contribution < -0.4 is 15.0 Å². The molecule has 2 N–H and O–H groups in total. The number of ether oxygens (including phenoxy) is 1. The molecule has 0 atom stereocenters. The van der Waals surface area contributed by atoms with Crippen LogP contribution in [0.1, 0.15) is 34.0 Å². The first-order chi connectivity index (χ1) is 16.9. The molecule has 1 fully saturated rings. The average molecular weight is 487 g/mol. The SMILES string of the molecule is CCc1ccc(N2C(=O)C(=Cc3ccc(OCc4ccc(C(=O)O)cc4)cc3)C(=O)NC2=S)cc1. The van der Waals surface area contributed by atoms with E-state index in [1.807, 2.05) is 19.1 Å². The number of hydrogen-bond donors (Lipinski definition) is 2. The summed E-state index contributed by atoms with van der Waals surface area (Å²) in [6.07, 6.45) is 2.39. The number of rotatable bonds is 7. The van der Waals surface area contributed by atoms with Crippen LogP contribution in [0.25, 0.3) is 6.08 Å². The van der Waals surface area contributed by atoms with E-state index in [9.17, 15) is 14.4 Å². The molecule has 4 rings (SSSR count). The van der Waals surface area contributed by atoms with Gasteiger partial charge in [-0.2, -0.15) is 0 Å². The lowest BCUT2D eigenvalue weighted by Crippen LogP contribution is -2.54. The highest BCUT2D eigenvalue weighted by Crippen LogP contribution is 2.23. The molecule has 3 aromatic carbocycles. The van der Waals surface area contributed by atoms with Crippen molar-refractivity contribution in [3.63, 3.8) is 0 Å². The van der Waals surface area contributed by atoms with Crippen molar-refractivity contribution >= 4 is 46.9 Å². The number of nitrogens with one attached hydrogen (secondary N) is 1. The van der Waals surface area contributed by atoms with Gasteiger partial charge in [0, 0.05) is 0 Å². The predicted molar refractivity (Wildman–Crippen MR) is 136 cm³/mol. The highest BCUT2D eigenvalue weighted by molar-refractivity contribution is 7.80. The second-order valence-electron chi connectivity index (χ2n) is 7.84. The lowest BCUT2D eigenvalue weighted by Gasteiger charge is -2.29. The molecule has 0 unspecified atom stereocenters. The van der Waals surface area contributed by atoms with E-state index in [1.54, 1.807) is 48.5 Å². The largest absolute Gasteiger partial charge is 0.489 e. The van der Waals surface area contributed by atoms with Crippen molar-refractivity contribution in [2.75, 3.05) is 4.90 Å². The Hall–Kier alpha value is -4.30. The van der Waals surface area contributed by atoms with E-state index in [2.05, 4.69) is 5.32 Å².